The molecule has 0 aliphatic heterocycles. The quantitative estimate of drug-likeness (QED) is 0.550. The number of hydrogen-bond donors (Lipinski definition) is 1. The third-order valence-electron chi connectivity index (χ3n) is 5.06. The third-order valence-corrected chi connectivity index (χ3v) is 5.34. The predicted molar refractivity (Wildman–Crippen MR) is 116 cm³/mol. The van der Waals surface area contributed by atoms with Crippen molar-refractivity contribution in [3.8, 4) is 11.9 Å². The van der Waals surface area contributed by atoms with Crippen molar-refractivity contribution in [2.45, 2.75) is 45.8 Å². The Balaban J connectivity index is 1.80. The lowest BCUT2D eigenvalue weighted by molar-refractivity contribution is -0.117. The number of ether oxygens (including phenoxy) is 1. The lowest BCUT2D eigenvalue weighted by atomic mass is 9.94. The van der Waals surface area contributed by atoms with Crippen molar-refractivity contribution in [2.75, 3.05) is 7.11 Å². The number of pyridine rings is 2. The van der Waals surface area contributed by atoms with Gasteiger partial charge in [-0.15, -0.1) is 9.90 Å². The van der Waals surface area contributed by atoms with Gasteiger partial charge in [0, 0.05) is 37.9 Å². The number of rotatable bonds is 8. The fourth-order valence-corrected chi connectivity index (χ4v) is 3.58. The normalized spacial score (nSPS) is 12.9. The molecule has 0 saturated carbocycles. The van der Waals surface area contributed by atoms with E-state index in [4.69, 9.17) is 16.3 Å². The van der Waals surface area contributed by atoms with Crippen LogP contribution >= 0.6 is 11.6 Å². The van der Waals surface area contributed by atoms with Gasteiger partial charge in [0.15, 0.2) is 5.82 Å². The second-order valence-corrected chi connectivity index (χ2v) is 7.83. The Morgan fingerprint density at radius 3 is 2.62 bits per heavy atom. The molecule has 3 rings (SSSR count). The van der Waals surface area contributed by atoms with Gasteiger partial charge in [0.25, 0.3) is 0 Å². The van der Waals surface area contributed by atoms with Gasteiger partial charge < -0.3 is 9.84 Å². The summed E-state index contributed by atoms with van der Waals surface area (Å²) < 4.78 is 5.41. The molecule has 0 aliphatic carbocycles. The maximum absolute atomic E-state index is 12.8. The van der Waals surface area contributed by atoms with E-state index < -0.39 is 6.10 Å². The van der Waals surface area contributed by atoms with E-state index >= 15 is 0 Å². The molecule has 0 saturated heterocycles. The molecule has 1 N–H and O–H groups in total. The molecule has 0 aromatic carbocycles. The van der Waals surface area contributed by atoms with E-state index in [0.717, 1.165) is 0 Å². The van der Waals surface area contributed by atoms with Crippen LogP contribution in [-0.2, 0) is 22.4 Å². The van der Waals surface area contributed by atoms with Gasteiger partial charge in [0.2, 0.25) is 0 Å². The summed E-state index contributed by atoms with van der Waals surface area (Å²) in [6, 6.07) is 3.81. The van der Waals surface area contributed by atoms with Crippen LogP contribution in [0.15, 0.2) is 24.7 Å². The molecule has 3 heterocycles. The van der Waals surface area contributed by atoms with Crippen molar-refractivity contribution >= 4 is 17.4 Å². The summed E-state index contributed by atoms with van der Waals surface area (Å²) in [6.07, 6.45) is 3.69. The number of hydrogen-bond acceptors (Lipinski definition) is 8. The molecule has 32 heavy (non-hydrogen) atoms. The molecule has 0 radical (unpaired) electrons. The van der Waals surface area contributed by atoms with Gasteiger partial charge in [-0.3, -0.25) is 9.78 Å². The fraction of sp³-hybridized carbons (Fsp3) is 0.364. The molecule has 9 nitrogen and oxygen atoms in total. The van der Waals surface area contributed by atoms with E-state index in [1.54, 1.807) is 33.2 Å². The summed E-state index contributed by atoms with van der Waals surface area (Å²) in [5, 5.41) is 27.6. The van der Waals surface area contributed by atoms with Crippen LogP contribution in [0.5, 0.6) is 0 Å². The van der Waals surface area contributed by atoms with Gasteiger partial charge >= 0.3 is 0 Å². The first-order valence-electron chi connectivity index (χ1n) is 9.93. The molecule has 10 heteroatoms. The SMILES string of the molecule is CO[C@@H](C)c1c(CC(=O)Cc2cnc(-n3ncc(C(C)O)n3)c(Cl)c2)cnc(C)c1C#N. The van der Waals surface area contributed by atoms with Crippen molar-refractivity contribution < 1.29 is 14.6 Å². The van der Waals surface area contributed by atoms with Crippen LogP contribution in [0.2, 0.25) is 5.02 Å². The lowest BCUT2D eigenvalue weighted by Crippen LogP contribution is -2.13. The molecule has 0 amide bonds. The van der Waals surface area contributed by atoms with Crippen molar-refractivity contribution in [1.29, 1.82) is 5.26 Å². The van der Waals surface area contributed by atoms with Crippen LogP contribution in [-0.4, -0.2) is 43.0 Å². The summed E-state index contributed by atoms with van der Waals surface area (Å²) in [5.41, 5.74) is 3.40. The summed E-state index contributed by atoms with van der Waals surface area (Å²) in [7, 11) is 1.56. The molecule has 0 fully saturated rings. The average Bonchev–Trinajstić information content (AvgIpc) is 3.24. The van der Waals surface area contributed by atoms with Gasteiger partial charge in [-0.05, 0) is 38.0 Å². The first kappa shape index (κ1) is 23.5. The summed E-state index contributed by atoms with van der Waals surface area (Å²) in [4.78, 5) is 22.6. The smallest absolute Gasteiger partial charge is 0.193 e. The molecule has 3 aromatic rings. The number of halogens is 1. The topological polar surface area (TPSA) is 127 Å². The Hall–Kier alpha value is -3.19. The molecular formula is C22H23ClN6O3. The zero-order valence-electron chi connectivity index (χ0n) is 18.2. The summed E-state index contributed by atoms with van der Waals surface area (Å²) in [6.45, 7) is 5.17. The Labute approximate surface area is 190 Å². The summed E-state index contributed by atoms with van der Waals surface area (Å²) in [5.74, 6) is 0.218. The third kappa shape index (κ3) is 4.99. The van der Waals surface area contributed by atoms with Gasteiger partial charge in [0.05, 0.1) is 34.7 Å². The second-order valence-electron chi connectivity index (χ2n) is 7.42. The second kappa shape index (κ2) is 9.96. The van der Waals surface area contributed by atoms with Gasteiger partial charge in [-0.25, -0.2) is 4.98 Å². The van der Waals surface area contributed by atoms with E-state index in [1.165, 1.54) is 17.2 Å². The number of ketones is 1. The van der Waals surface area contributed by atoms with E-state index in [0.29, 0.717) is 39.5 Å². The van der Waals surface area contributed by atoms with Crippen LogP contribution in [0.1, 0.15) is 59.7 Å². The standard InChI is InChI=1S/C22H23ClN6O3/c1-12-18(8-24)21(14(3)32-4)16(10-25-12)7-17(31)5-15-6-19(23)22(26-9-15)29-27-11-20(28-29)13(2)30/h6,9-11,13-14,30H,5,7H2,1-4H3/t13?,14-/m0/s1. The predicted octanol–water partition coefficient (Wildman–Crippen LogP) is 3.01. The number of carbonyl (C=O) groups is 1. The number of aromatic nitrogens is 5. The number of carbonyl (C=O) groups excluding carboxylic acids is 1. The maximum Gasteiger partial charge on any atom is 0.193 e. The zero-order chi connectivity index (χ0) is 23.4. The van der Waals surface area contributed by atoms with Crippen molar-refractivity contribution in [1.82, 2.24) is 25.0 Å². The number of aryl methyl sites for hydroxylation is 1. The van der Waals surface area contributed by atoms with E-state index in [9.17, 15) is 15.2 Å². The zero-order valence-corrected chi connectivity index (χ0v) is 19.0. The van der Waals surface area contributed by atoms with Crippen molar-refractivity contribution in [3.63, 3.8) is 0 Å². The monoisotopic (exact) mass is 454 g/mol. The lowest BCUT2D eigenvalue weighted by Gasteiger charge is -2.17. The average molecular weight is 455 g/mol. The van der Waals surface area contributed by atoms with E-state index in [-0.39, 0.29) is 29.8 Å². The first-order chi connectivity index (χ1) is 15.2. The van der Waals surface area contributed by atoms with Crippen LogP contribution in [0.4, 0.5) is 0 Å². The minimum atomic E-state index is -0.761. The number of nitrogens with zero attached hydrogens (tertiary/aromatic N) is 6. The van der Waals surface area contributed by atoms with Crippen molar-refractivity contribution in [3.05, 3.63) is 63.3 Å². The molecule has 0 spiro atoms. The number of aliphatic hydroxyl groups is 1. The Bertz CT molecular complexity index is 1180. The maximum atomic E-state index is 12.8. The Kier molecular flexibility index (Phi) is 7.30. The number of methoxy groups -OCH3 is 1. The van der Waals surface area contributed by atoms with Crippen LogP contribution in [0, 0.1) is 18.3 Å². The largest absolute Gasteiger partial charge is 0.387 e. The minimum absolute atomic E-state index is 0.0803. The fourth-order valence-electron chi connectivity index (χ4n) is 3.31. The first-order valence-corrected chi connectivity index (χ1v) is 10.3. The highest BCUT2D eigenvalue weighted by Gasteiger charge is 2.20. The number of aliphatic hydroxyl groups excluding tert-OH is 1. The van der Waals surface area contributed by atoms with Gasteiger partial charge in [0.1, 0.15) is 17.5 Å². The molecule has 1 unspecified atom stereocenters. The Morgan fingerprint density at radius 2 is 2.03 bits per heavy atom. The molecule has 0 bridgehead atoms. The molecule has 166 valence electrons. The van der Waals surface area contributed by atoms with Crippen LogP contribution < -0.4 is 0 Å². The molecule has 3 aromatic heterocycles. The number of nitriles is 1. The minimum Gasteiger partial charge on any atom is -0.387 e. The molecular weight excluding hydrogens is 432 g/mol. The Morgan fingerprint density at radius 1 is 1.28 bits per heavy atom. The highest BCUT2D eigenvalue weighted by atomic mass is 35.5. The molecule has 2 atom stereocenters. The van der Waals surface area contributed by atoms with Crippen molar-refractivity contribution in [2.24, 2.45) is 0 Å². The van der Waals surface area contributed by atoms with Crippen LogP contribution in [0.25, 0.3) is 5.82 Å². The number of Topliss-reactive ketones (excluding diaryl/α,β-unsaturated/α-hetero) is 1. The van der Waals surface area contributed by atoms with E-state index in [1.807, 2.05) is 6.92 Å². The van der Waals surface area contributed by atoms with Gasteiger partial charge in [-0.2, -0.15) is 10.4 Å². The van der Waals surface area contributed by atoms with Crippen LogP contribution in [0.3, 0.4) is 0 Å². The van der Waals surface area contributed by atoms with E-state index in [2.05, 4.69) is 26.2 Å². The highest BCUT2D eigenvalue weighted by molar-refractivity contribution is 6.32. The summed E-state index contributed by atoms with van der Waals surface area (Å²) >= 11 is 6.34. The molecule has 0 aliphatic rings. The van der Waals surface area contributed by atoms with Gasteiger partial charge in [-0.1, -0.05) is 11.6 Å². The highest BCUT2D eigenvalue weighted by Crippen LogP contribution is 2.27.